The topological polar surface area (TPSA) is 233 Å². The van der Waals surface area contributed by atoms with Crippen LogP contribution in [0.1, 0.15) is 22.5 Å². The summed E-state index contributed by atoms with van der Waals surface area (Å²) in [6, 6.07) is 60.4. The molecule has 0 saturated heterocycles. The minimum Gasteiger partial charge on any atom is -0.411 e. The molecule has 0 spiro atoms. The van der Waals surface area contributed by atoms with Crippen molar-refractivity contribution in [2.75, 3.05) is 0 Å². The van der Waals surface area contributed by atoms with E-state index in [9.17, 15) is 21.4 Å². The minimum atomic E-state index is -3.64. The Hall–Kier alpha value is -9.16. The predicted octanol–water partition coefficient (Wildman–Crippen LogP) is 12.9. The first-order chi connectivity index (χ1) is 39.6. The van der Waals surface area contributed by atoms with Crippen LogP contribution in [0, 0.1) is 11.6 Å². The quantitative estimate of drug-likeness (QED) is 0.0818. The lowest BCUT2D eigenvalue weighted by atomic mass is 10.2. The molecule has 0 fully saturated rings. The molecule has 1 unspecified atom stereocenters. The Morgan fingerprint density at radius 1 is 0.420 bits per heavy atom. The summed E-state index contributed by atoms with van der Waals surface area (Å²) in [5.74, 6) is 2.17. The van der Waals surface area contributed by atoms with E-state index in [0.29, 0.717) is 67.6 Å². The van der Waals surface area contributed by atoms with Crippen LogP contribution in [0.25, 0.3) is 45.8 Å². The van der Waals surface area contributed by atoms with Gasteiger partial charge in [-0.15, -0.1) is 30.6 Å². The van der Waals surface area contributed by atoms with Crippen molar-refractivity contribution in [3.63, 3.8) is 0 Å². The molecule has 0 amide bonds. The van der Waals surface area contributed by atoms with Gasteiger partial charge in [0, 0.05) is 46.2 Å². The number of nitrogens with zero attached hydrogens (tertiary/aromatic N) is 10. The summed E-state index contributed by atoms with van der Waals surface area (Å²) in [7, 11) is -4.97. The Morgan fingerprint density at radius 3 is 1.42 bits per heavy atom. The number of hydrogen-bond acceptors (Lipinski definition) is 19. The smallest absolute Gasteiger partial charge is 0.336 e. The molecule has 12 aromatic rings. The van der Waals surface area contributed by atoms with Gasteiger partial charge in [0.2, 0.25) is 33.4 Å². The molecule has 0 bridgehead atoms. The molecule has 406 valence electrons. The van der Waals surface area contributed by atoms with E-state index in [2.05, 4.69) is 50.8 Å². The Morgan fingerprint density at radius 2 is 0.877 bits per heavy atom. The van der Waals surface area contributed by atoms with Crippen molar-refractivity contribution in [1.29, 1.82) is 0 Å². The van der Waals surface area contributed by atoms with Gasteiger partial charge in [0.05, 0.1) is 22.9 Å². The maximum Gasteiger partial charge on any atom is 0.336 e. The van der Waals surface area contributed by atoms with Crippen LogP contribution in [0.3, 0.4) is 0 Å². The molecule has 0 radical (unpaired) electrons. The summed E-state index contributed by atoms with van der Waals surface area (Å²) in [5, 5.41) is 31.7. The summed E-state index contributed by atoms with van der Waals surface area (Å²) in [6.45, 7) is 0. The van der Waals surface area contributed by atoms with E-state index in [4.69, 9.17) is 17.7 Å². The molecule has 6 aromatic carbocycles. The van der Waals surface area contributed by atoms with Crippen molar-refractivity contribution < 1.29 is 39.1 Å². The van der Waals surface area contributed by atoms with Crippen LogP contribution in [0.2, 0.25) is 0 Å². The summed E-state index contributed by atoms with van der Waals surface area (Å²) in [5.41, 5.74) is 6.31. The second-order valence-electron chi connectivity index (χ2n) is 16.7. The van der Waals surface area contributed by atoms with Crippen molar-refractivity contribution in [1.82, 2.24) is 50.8 Å². The molecule has 0 aliphatic rings. The first kappa shape index (κ1) is 56.6. The average molecular weight is 1160 g/mol. The van der Waals surface area contributed by atoms with E-state index < -0.39 is 20.6 Å². The largest absolute Gasteiger partial charge is 0.411 e. The van der Waals surface area contributed by atoms with Crippen molar-refractivity contribution in [3.8, 4) is 45.8 Å². The van der Waals surface area contributed by atoms with Crippen LogP contribution in [-0.2, 0) is 43.6 Å². The highest BCUT2D eigenvalue weighted by Gasteiger charge is 2.24. The molecule has 81 heavy (non-hydrogen) atoms. The fraction of sp³-hybridized carbons (Fsp3) is 0.0690. The van der Waals surface area contributed by atoms with E-state index in [1.807, 2.05) is 121 Å². The van der Waals surface area contributed by atoms with Gasteiger partial charge in [0.15, 0.2) is 0 Å². The Labute approximate surface area is 473 Å². The molecule has 6 heterocycles. The maximum atomic E-state index is 13.1. The SMILES string of the molecule is Fc1ccc(-c2nnc(SCc3ccccn3)o2)cc1.Fc1cccc(-c2nnc(SCc3ccccn3)o2)c1.O=S(=O)(Cc1ccccc1)c1nnc(-c2ccccc2)o1.O=S(Cc1ccccc1)c1nnc(-c2ccccc2)o1. The van der Waals surface area contributed by atoms with Crippen molar-refractivity contribution >= 4 is 44.2 Å². The van der Waals surface area contributed by atoms with Gasteiger partial charge in [-0.25, -0.2) is 21.4 Å². The highest BCUT2D eigenvalue weighted by molar-refractivity contribution is 7.98. The Bertz CT molecular complexity index is 3970. The van der Waals surface area contributed by atoms with Gasteiger partial charge >= 0.3 is 10.4 Å². The fourth-order valence-electron chi connectivity index (χ4n) is 6.90. The number of pyridine rings is 2. The number of rotatable bonds is 16. The first-order valence-electron chi connectivity index (χ1n) is 24.3. The van der Waals surface area contributed by atoms with E-state index in [1.165, 1.54) is 47.8 Å². The summed E-state index contributed by atoms with van der Waals surface area (Å²) in [6.07, 6.45) is 3.48. The minimum absolute atomic E-state index is 0.160. The first-order valence-corrected chi connectivity index (χ1v) is 29.3. The van der Waals surface area contributed by atoms with Crippen molar-refractivity contribution in [2.45, 2.75) is 43.9 Å². The van der Waals surface area contributed by atoms with Gasteiger partial charge in [-0.3, -0.25) is 9.97 Å². The van der Waals surface area contributed by atoms with Crippen molar-refractivity contribution in [2.24, 2.45) is 0 Å². The third kappa shape index (κ3) is 17.2. The fourth-order valence-corrected chi connectivity index (χ4v) is 10.3. The van der Waals surface area contributed by atoms with Gasteiger partial charge in [-0.1, -0.05) is 149 Å². The highest BCUT2D eigenvalue weighted by Crippen LogP contribution is 2.28. The third-order valence-corrected chi connectivity index (χ3v) is 15.0. The number of benzene rings is 6. The number of sulfone groups is 1. The van der Waals surface area contributed by atoms with E-state index >= 15 is 0 Å². The van der Waals surface area contributed by atoms with Crippen LogP contribution in [0.4, 0.5) is 8.78 Å². The normalized spacial score (nSPS) is 11.2. The number of thioether (sulfide) groups is 2. The summed E-state index contributed by atoms with van der Waals surface area (Å²) in [4.78, 5) is 8.43. The van der Waals surface area contributed by atoms with Gasteiger partial charge in [0.25, 0.3) is 10.4 Å². The lowest BCUT2D eigenvalue weighted by Crippen LogP contribution is -2.05. The van der Waals surface area contributed by atoms with Gasteiger partial charge in [-0.2, -0.15) is 0 Å². The molecule has 17 nitrogen and oxygen atoms in total. The highest BCUT2D eigenvalue weighted by atomic mass is 32.2. The second-order valence-corrected chi connectivity index (χ2v) is 21.7. The van der Waals surface area contributed by atoms with E-state index in [0.717, 1.165) is 22.5 Å². The predicted molar refractivity (Wildman–Crippen MR) is 300 cm³/mol. The van der Waals surface area contributed by atoms with Crippen LogP contribution in [0.5, 0.6) is 0 Å². The molecular weight excluding hydrogens is 1110 g/mol. The molecule has 6 aromatic heterocycles. The molecule has 0 saturated carbocycles. The summed E-state index contributed by atoms with van der Waals surface area (Å²) < 4.78 is 84.4. The molecule has 1 atom stereocenters. The zero-order chi connectivity index (χ0) is 56.1. The lowest BCUT2D eigenvalue weighted by Gasteiger charge is -1.99. The molecule has 12 rings (SSSR count). The van der Waals surface area contributed by atoms with Crippen LogP contribution in [0.15, 0.2) is 257 Å². The third-order valence-electron chi connectivity index (χ3n) is 10.8. The monoisotopic (exact) mass is 1160 g/mol. The molecule has 0 N–H and O–H groups in total. The maximum absolute atomic E-state index is 13.1. The van der Waals surface area contributed by atoms with Gasteiger partial charge in [0.1, 0.15) is 22.4 Å². The lowest BCUT2D eigenvalue weighted by molar-refractivity contribution is 0.439. The van der Waals surface area contributed by atoms with Crippen LogP contribution >= 0.6 is 23.5 Å². The zero-order valence-electron chi connectivity index (χ0n) is 42.3. The molecular formula is C58H44F2N10O7S4. The molecule has 0 aliphatic heterocycles. The van der Waals surface area contributed by atoms with Crippen LogP contribution < -0.4 is 0 Å². The average Bonchev–Trinajstić information content (AvgIpc) is 4.39. The van der Waals surface area contributed by atoms with Gasteiger partial charge in [-0.05, 0) is 102 Å². The molecule has 0 aliphatic carbocycles. The Balaban J connectivity index is 0.000000130. The van der Waals surface area contributed by atoms with Gasteiger partial charge < -0.3 is 17.7 Å². The number of halogens is 2. The second kappa shape index (κ2) is 28.6. The van der Waals surface area contributed by atoms with E-state index in [1.54, 1.807) is 73.1 Å². The standard InChI is InChI=1S/C15H12N2O3S.C15H12N2O2S.2C14H10FN3OS/c18-21(19,11-12-7-3-1-4-8-12)15-17-16-14(20-15)13-9-5-2-6-10-13;18-20(11-12-7-3-1-4-8-12)15-17-16-14(19-15)13-9-5-2-6-10-13;15-11-5-3-4-10(8-11)13-17-18-14(19-13)20-9-12-6-1-2-7-16-12;15-11-6-4-10(5-7-11)13-17-18-14(19-13)20-9-12-3-1-2-8-16-12/h1-10H,11H2;1-10H,11H2;2*1-8H,9H2. The summed E-state index contributed by atoms with van der Waals surface area (Å²) >= 11 is 2.81. The Kier molecular flexibility index (Phi) is 20.0. The zero-order valence-corrected chi connectivity index (χ0v) is 45.6. The van der Waals surface area contributed by atoms with E-state index in [-0.39, 0.29) is 33.7 Å². The number of aromatic nitrogens is 10. The molecule has 23 heteroatoms. The van der Waals surface area contributed by atoms with Crippen LogP contribution in [-0.4, -0.2) is 63.4 Å². The number of hydrogen-bond donors (Lipinski definition) is 0. The van der Waals surface area contributed by atoms with Crippen molar-refractivity contribution in [3.05, 3.63) is 253 Å².